The van der Waals surface area contributed by atoms with Crippen LogP contribution in [-0.2, 0) is 10.5 Å². The second-order valence-corrected chi connectivity index (χ2v) is 8.18. The summed E-state index contributed by atoms with van der Waals surface area (Å²) in [5.74, 6) is 1.23. The van der Waals surface area contributed by atoms with Crippen LogP contribution in [0.5, 0.6) is 0 Å². The van der Waals surface area contributed by atoms with E-state index in [-0.39, 0.29) is 11.6 Å². The molecule has 1 aliphatic heterocycles. The Hall–Kier alpha value is -1.96. The molecule has 0 radical (unpaired) electrons. The quantitative estimate of drug-likeness (QED) is 0.490. The predicted octanol–water partition coefficient (Wildman–Crippen LogP) is 4.48. The number of nitro benzene ring substituents is 1. The number of amides is 1. The van der Waals surface area contributed by atoms with E-state index in [4.69, 9.17) is 23.2 Å². The van der Waals surface area contributed by atoms with Gasteiger partial charge in [0.25, 0.3) is 5.69 Å². The highest BCUT2D eigenvalue weighted by atomic mass is 35.5. The molecule has 6 nitrogen and oxygen atoms in total. The van der Waals surface area contributed by atoms with Crippen molar-refractivity contribution in [2.75, 3.05) is 36.8 Å². The van der Waals surface area contributed by atoms with Gasteiger partial charge in [-0.05, 0) is 29.8 Å². The normalized spacial score (nSPS) is 14.2. The van der Waals surface area contributed by atoms with Crippen molar-refractivity contribution in [3.63, 3.8) is 0 Å². The molecule has 0 spiro atoms. The lowest BCUT2D eigenvalue weighted by Crippen LogP contribution is -2.49. The molecule has 1 saturated heterocycles. The number of benzene rings is 2. The van der Waals surface area contributed by atoms with Crippen molar-refractivity contribution in [2.45, 2.75) is 5.75 Å². The number of hydrogen-bond acceptors (Lipinski definition) is 5. The summed E-state index contributed by atoms with van der Waals surface area (Å²) >= 11 is 13.5. The summed E-state index contributed by atoms with van der Waals surface area (Å²) in [7, 11) is 0. The van der Waals surface area contributed by atoms with Gasteiger partial charge >= 0.3 is 0 Å². The minimum Gasteiger partial charge on any atom is -0.368 e. The SMILES string of the molecule is O=C(CSCc1ccc(Cl)c(Cl)c1)N1CCN(c2ccc([N+](=O)[O-])cc2)CC1. The van der Waals surface area contributed by atoms with Crippen molar-refractivity contribution >= 4 is 52.2 Å². The van der Waals surface area contributed by atoms with Crippen LogP contribution in [0.25, 0.3) is 0 Å². The Morgan fingerprint density at radius 1 is 1.04 bits per heavy atom. The van der Waals surface area contributed by atoms with E-state index in [1.807, 2.05) is 17.0 Å². The summed E-state index contributed by atoms with van der Waals surface area (Å²) in [6.07, 6.45) is 0. The molecule has 148 valence electrons. The highest BCUT2D eigenvalue weighted by molar-refractivity contribution is 7.99. The first-order valence-corrected chi connectivity index (χ1v) is 10.6. The molecule has 0 unspecified atom stereocenters. The van der Waals surface area contributed by atoms with Crippen LogP contribution in [0.2, 0.25) is 10.0 Å². The third-order valence-electron chi connectivity index (χ3n) is 4.54. The molecule has 0 bridgehead atoms. The minimum absolute atomic E-state index is 0.0802. The fourth-order valence-electron chi connectivity index (χ4n) is 2.98. The molecule has 1 fully saturated rings. The van der Waals surface area contributed by atoms with Gasteiger partial charge in [0.15, 0.2) is 0 Å². The van der Waals surface area contributed by atoms with Gasteiger partial charge < -0.3 is 9.80 Å². The Labute approximate surface area is 177 Å². The smallest absolute Gasteiger partial charge is 0.269 e. The van der Waals surface area contributed by atoms with E-state index in [0.717, 1.165) is 11.3 Å². The number of carbonyl (C=O) groups is 1. The molecule has 2 aromatic rings. The zero-order valence-corrected chi connectivity index (χ0v) is 17.3. The van der Waals surface area contributed by atoms with Crippen LogP contribution in [0, 0.1) is 10.1 Å². The van der Waals surface area contributed by atoms with Crippen LogP contribution < -0.4 is 4.90 Å². The number of piperazine rings is 1. The number of carbonyl (C=O) groups excluding carboxylic acids is 1. The van der Waals surface area contributed by atoms with Gasteiger partial charge in [0.1, 0.15) is 0 Å². The van der Waals surface area contributed by atoms with Gasteiger partial charge in [-0.2, -0.15) is 0 Å². The Balaban J connectivity index is 1.44. The van der Waals surface area contributed by atoms with Crippen molar-refractivity contribution in [2.24, 2.45) is 0 Å². The van der Waals surface area contributed by atoms with Gasteiger partial charge in [-0.3, -0.25) is 14.9 Å². The first kappa shape index (κ1) is 20.8. The Morgan fingerprint density at radius 3 is 2.32 bits per heavy atom. The third-order valence-corrected chi connectivity index (χ3v) is 6.26. The highest BCUT2D eigenvalue weighted by Gasteiger charge is 2.21. The summed E-state index contributed by atoms with van der Waals surface area (Å²) < 4.78 is 0. The molecule has 0 aliphatic carbocycles. The van der Waals surface area contributed by atoms with Gasteiger partial charge in [0.05, 0.1) is 20.7 Å². The molecule has 1 amide bonds. The predicted molar refractivity (Wildman–Crippen MR) is 115 cm³/mol. The summed E-state index contributed by atoms with van der Waals surface area (Å²) in [5.41, 5.74) is 2.05. The number of nitro groups is 1. The van der Waals surface area contributed by atoms with E-state index in [1.165, 1.54) is 12.1 Å². The molecule has 0 aromatic heterocycles. The van der Waals surface area contributed by atoms with E-state index >= 15 is 0 Å². The maximum Gasteiger partial charge on any atom is 0.269 e. The van der Waals surface area contributed by atoms with Crippen LogP contribution in [0.3, 0.4) is 0 Å². The van der Waals surface area contributed by atoms with Crippen LogP contribution >= 0.6 is 35.0 Å². The average Bonchev–Trinajstić information content (AvgIpc) is 2.71. The van der Waals surface area contributed by atoms with Crippen molar-refractivity contribution in [3.8, 4) is 0 Å². The maximum absolute atomic E-state index is 12.4. The number of thioether (sulfide) groups is 1. The molecule has 0 atom stereocenters. The van der Waals surface area contributed by atoms with Gasteiger partial charge in [-0.25, -0.2) is 0 Å². The first-order valence-electron chi connectivity index (χ1n) is 8.73. The zero-order valence-electron chi connectivity index (χ0n) is 15.0. The molecule has 0 N–H and O–H groups in total. The van der Waals surface area contributed by atoms with E-state index in [0.29, 0.717) is 47.7 Å². The molecular formula is C19H19Cl2N3O3S. The lowest BCUT2D eigenvalue weighted by molar-refractivity contribution is -0.384. The Morgan fingerprint density at radius 2 is 1.71 bits per heavy atom. The second kappa shape index (κ2) is 9.49. The monoisotopic (exact) mass is 439 g/mol. The van der Waals surface area contributed by atoms with Gasteiger partial charge in [-0.1, -0.05) is 29.3 Å². The topological polar surface area (TPSA) is 66.7 Å². The molecule has 1 heterocycles. The molecule has 1 aliphatic rings. The largest absolute Gasteiger partial charge is 0.368 e. The van der Waals surface area contributed by atoms with Gasteiger partial charge in [-0.15, -0.1) is 11.8 Å². The van der Waals surface area contributed by atoms with Crippen LogP contribution in [0.4, 0.5) is 11.4 Å². The van der Waals surface area contributed by atoms with Gasteiger partial charge in [0.2, 0.25) is 5.91 Å². The Bertz CT molecular complexity index is 856. The number of hydrogen-bond donors (Lipinski definition) is 0. The van der Waals surface area contributed by atoms with E-state index in [2.05, 4.69) is 4.90 Å². The number of anilines is 1. The second-order valence-electron chi connectivity index (χ2n) is 6.38. The average molecular weight is 440 g/mol. The molecule has 28 heavy (non-hydrogen) atoms. The fourth-order valence-corrected chi connectivity index (χ4v) is 4.17. The number of halogens is 2. The van der Waals surface area contributed by atoms with Crippen molar-refractivity contribution in [3.05, 3.63) is 68.2 Å². The maximum atomic E-state index is 12.4. The highest BCUT2D eigenvalue weighted by Crippen LogP contribution is 2.25. The number of non-ortho nitro benzene ring substituents is 1. The molecule has 9 heteroatoms. The zero-order chi connectivity index (χ0) is 20.1. The van der Waals surface area contributed by atoms with Crippen molar-refractivity contribution < 1.29 is 9.72 Å². The molecule has 0 saturated carbocycles. The van der Waals surface area contributed by atoms with Crippen LogP contribution in [0.1, 0.15) is 5.56 Å². The van der Waals surface area contributed by atoms with E-state index in [1.54, 1.807) is 30.0 Å². The summed E-state index contributed by atoms with van der Waals surface area (Å²) in [6, 6.07) is 12.0. The molecule has 2 aromatic carbocycles. The third kappa shape index (κ3) is 5.31. The summed E-state index contributed by atoms with van der Waals surface area (Å²) in [4.78, 5) is 26.8. The van der Waals surface area contributed by atoms with E-state index in [9.17, 15) is 14.9 Å². The number of nitrogens with zero attached hydrogens (tertiary/aromatic N) is 3. The summed E-state index contributed by atoms with van der Waals surface area (Å²) in [6.45, 7) is 2.70. The lowest BCUT2D eigenvalue weighted by Gasteiger charge is -2.36. The van der Waals surface area contributed by atoms with Crippen molar-refractivity contribution in [1.82, 2.24) is 4.90 Å². The lowest BCUT2D eigenvalue weighted by atomic mass is 10.2. The van der Waals surface area contributed by atoms with Gasteiger partial charge in [0, 0.05) is 49.8 Å². The first-order chi connectivity index (χ1) is 13.4. The minimum atomic E-state index is -0.407. The summed E-state index contributed by atoms with van der Waals surface area (Å²) in [5, 5.41) is 11.8. The molecule has 3 rings (SSSR count). The molecular weight excluding hydrogens is 421 g/mol. The number of rotatable bonds is 6. The standard InChI is InChI=1S/C19H19Cl2N3O3S/c20-17-6-1-14(11-18(17)21)12-28-13-19(25)23-9-7-22(8-10-23)15-2-4-16(5-3-15)24(26)27/h1-6,11H,7-10,12-13H2. The Kier molecular flexibility index (Phi) is 7.04. The van der Waals surface area contributed by atoms with Crippen LogP contribution in [-0.4, -0.2) is 47.7 Å². The van der Waals surface area contributed by atoms with Crippen LogP contribution in [0.15, 0.2) is 42.5 Å². The van der Waals surface area contributed by atoms with E-state index < -0.39 is 4.92 Å². The fraction of sp³-hybridized carbons (Fsp3) is 0.316. The van der Waals surface area contributed by atoms with Crippen molar-refractivity contribution in [1.29, 1.82) is 0 Å².